The van der Waals surface area contributed by atoms with E-state index in [2.05, 4.69) is 10.4 Å². The minimum absolute atomic E-state index is 0.0894. The van der Waals surface area contributed by atoms with Gasteiger partial charge in [0.05, 0.1) is 11.7 Å². The van der Waals surface area contributed by atoms with Gasteiger partial charge < -0.3 is 5.32 Å². The van der Waals surface area contributed by atoms with Crippen molar-refractivity contribution in [3.05, 3.63) is 90.3 Å². The average molecular weight is 317 g/mol. The lowest BCUT2D eigenvalue weighted by Gasteiger charge is -2.14. The van der Waals surface area contributed by atoms with Gasteiger partial charge in [0.1, 0.15) is 0 Å². The van der Waals surface area contributed by atoms with Crippen LogP contribution in [0.1, 0.15) is 24.1 Å². The highest BCUT2D eigenvalue weighted by atomic mass is 16.1. The average Bonchev–Trinajstić information content (AvgIpc) is 3.16. The first kappa shape index (κ1) is 15.7. The molecule has 1 atom stereocenters. The Morgan fingerprint density at radius 1 is 1.12 bits per heavy atom. The summed E-state index contributed by atoms with van der Waals surface area (Å²) in [7, 11) is 0. The van der Waals surface area contributed by atoms with Crippen LogP contribution in [0.15, 0.2) is 79.1 Å². The van der Waals surface area contributed by atoms with Gasteiger partial charge in [-0.15, -0.1) is 0 Å². The van der Waals surface area contributed by atoms with Crippen LogP contribution in [0.25, 0.3) is 11.8 Å². The summed E-state index contributed by atoms with van der Waals surface area (Å²) < 4.78 is 1.80. The Labute approximate surface area is 141 Å². The van der Waals surface area contributed by atoms with Gasteiger partial charge in [0.15, 0.2) is 0 Å². The molecule has 0 aliphatic rings. The molecule has 2 aromatic carbocycles. The van der Waals surface area contributed by atoms with Crippen molar-refractivity contribution in [2.75, 3.05) is 0 Å². The van der Waals surface area contributed by atoms with E-state index >= 15 is 0 Å². The quantitative estimate of drug-likeness (QED) is 0.728. The second kappa shape index (κ2) is 7.42. The topological polar surface area (TPSA) is 46.9 Å². The molecule has 0 spiro atoms. The molecule has 0 aliphatic carbocycles. The fraction of sp³-hybridized carbons (Fsp3) is 0.100. The number of nitrogens with one attached hydrogen (secondary N) is 1. The molecule has 0 radical (unpaired) electrons. The van der Waals surface area contributed by atoms with Crippen molar-refractivity contribution >= 4 is 12.0 Å². The standard InChI is InChI=1S/C20H19N3O/c1-16(22-20(24)12-11-17-7-3-2-4-8-17)18-9-5-10-19(15-18)23-14-6-13-21-23/h2-16H,1H3,(H,22,24). The normalized spacial score (nSPS) is 12.2. The summed E-state index contributed by atoms with van der Waals surface area (Å²) in [5.74, 6) is -0.115. The maximum absolute atomic E-state index is 12.1. The Hall–Kier alpha value is -3.14. The van der Waals surface area contributed by atoms with Crippen molar-refractivity contribution in [2.45, 2.75) is 13.0 Å². The summed E-state index contributed by atoms with van der Waals surface area (Å²) in [5.41, 5.74) is 3.00. The van der Waals surface area contributed by atoms with Crippen LogP contribution in [0.4, 0.5) is 0 Å². The Bertz CT molecular complexity index is 823. The summed E-state index contributed by atoms with van der Waals surface area (Å²) >= 11 is 0. The fourth-order valence-corrected chi connectivity index (χ4v) is 2.44. The molecule has 0 fully saturated rings. The van der Waals surface area contributed by atoms with Gasteiger partial charge in [-0.2, -0.15) is 5.10 Å². The highest BCUT2D eigenvalue weighted by molar-refractivity contribution is 5.91. The minimum atomic E-state index is -0.115. The molecule has 4 heteroatoms. The highest BCUT2D eigenvalue weighted by Gasteiger charge is 2.08. The van der Waals surface area contributed by atoms with Gasteiger partial charge in [0, 0.05) is 18.5 Å². The molecule has 4 nitrogen and oxygen atoms in total. The Kier molecular flexibility index (Phi) is 4.87. The molecule has 0 bridgehead atoms. The number of benzene rings is 2. The molecular weight excluding hydrogens is 298 g/mol. The summed E-state index contributed by atoms with van der Waals surface area (Å²) in [4.78, 5) is 12.1. The first-order valence-electron chi connectivity index (χ1n) is 7.86. The smallest absolute Gasteiger partial charge is 0.244 e. The number of amides is 1. The summed E-state index contributed by atoms with van der Waals surface area (Å²) in [6.45, 7) is 1.97. The number of rotatable bonds is 5. The first-order valence-corrected chi connectivity index (χ1v) is 7.86. The van der Waals surface area contributed by atoms with Crippen molar-refractivity contribution < 1.29 is 4.79 Å². The molecule has 3 aromatic rings. The predicted octanol–water partition coefficient (Wildman–Crippen LogP) is 3.76. The van der Waals surface area contributed by atoms with Crippen molar-refractivity contribution in [3.8, 4) is 5.69 Å². The number of aromatic nitrogens is 2. The second-order valence-corrected chi connectivity index (χ2v) is 5.52. The maximum Gasteiger partial charge on any atom is 0.244 e. The zero-order valence-electron chi connectivity index (χ0n) is 13.5. The molecule has 1 aromatic heterocycles. The van der Waals surface area contributed by atoms with E-state index in [0.717, 1.165) is 16.8 Å². The molecule has 1 amide bonds. The van der Waals surface area contributed by atoms with E-state index in [0.29, 0.717) is 0 Å². The number of hydrogen-bond donors (Lipinski definition) is 1. The molecule has 3 rings (SSSR count). The van der Waals surface area contributed by atoms with Crippen LogP contribution >= 0.6 is 0 Å². The SMILES string of the molecule is CC(NC(=O)C=Cc1ccccc1)c1cccc(-n2cccn2)c1. The summed E-state index contributed by atoms with van der Waals surface area (Å²) in [6.07, 6.45) is 7.00. The van der Waals surface area contributed by atoms with Crippen molar-refractivity contribution in [3.63, 3.8) is 0 Å². The van der Waals surface area contributed by atoms with Gasteiger partial charge in [0.2, 0.25) is 5.91 Å². The van der Waals surface area contributed by atoms with E-state index in [1.807, 2.05) is 79.9 Å². The van der Waals surface area contributed by atoms with E-state index in [9.17, 15) is 4.79 Å². The van der Waals surface area contributed by atoms with Crippen LogP contribution in [0.5, 0.6) is 0 Å². The third-order valence-electron chi connectivity index (χ3n) is 3.72. The molecule has 24 heavy (non-hydrogen) atoms. The zero-order valence-corrected chi connectivity index (χ0v) is 13.5. The minimum Gasteiger partial charge on any atom is -0.346 e. The van der Waals surface area contributed by atoms with Crippen LogP contribution in [-0.4, -0.2) is 15.7 Å². The van der Waals surface area contributed by atoms with Gasteiger partial charge in [-0.05, 0) is 42.3 Å². The third kappa shape index (κ3) is 3.98. The maximum atomic E-state index is 12.1. The van der Waals surface area contributed by atoms with E-state index < -0.39 is 0 Å². The lowest BCUT2D eigenvalue weighted by atomic mass is 10.1. The number of carbonyl (C=O) groups excluding carboxylic acids is 1. The van der Waals surface area contributed by atoms with Crippen molar-refractivity contribution in [1.82, 2.24) is 15.1 Å². The monoisotopic (exact) mass is 317 g/mol. The van der Waals surface area contributed by atoms with Crippen molar-refractivity contribution in [2.24, 2.45) is 0 Å². The van der Waals surface area contributed by atoms with Gasteiger partial charge in [-0.3, -0.25) is 4.79 Å². The molecular formula is C20H19N3O. The van der Waals surface area contributed by atoms with E-state index in [-0.39, 0.29) is 11.9 Å². The van der Waals surface area contributed by atoms with Crippen LogP contribution < -0.4 is 5.32 Å². The van der Waals surface area contributed by atoms with Crippen LogP contribution in [-0.2, 0) is 4.79 Å². The second-order valence-electron chi connectivity index (χ2n) is 5.52. The Morgan fingerprint density at radius 3 is 2.71 bits per heavy atom. The Balaban J connectivity index is 1.66. The zero-order chi connectivity index (χ0) is 16.8. The van der Waals surface area contributed by atoms with E-state index in [1.165, 1.54) is 0 Å². The van der Waals surface area contributed by atoms with Gasteiger partial charge in [-0.25, -0.2) is 4.68 Å². The predicted molar refractivity (Wildman–Crippen MR) is 95.6 cm³/mol. The molecule has 1 unspecified atom stereocenters. The molecule has 1 heterocycles. The molecule has 1 N–H and O–H groups in total. The van der Waals surface area contributed by atoms with Crippen LogP contribution in [0.3, 0.4) is 0 Å². The molecule has 120 valence electrons. The summed E-state index contributed by atoms with van der Waals surface area (Å²) in [6, 6.07) is 19.5. The third-order valence-corrected chi connectivity index (χ3v) is 3.72. The van der Waals surface area contributed by atoms with Gasteiger partial charge in [0.25, 0.3) is 0 Å². The van der Waals surface area contributed by atoms with Gasteiger partial charge >= 0.3 is 0 Å². The first-order chi connectivity index (χ1) is 11.7. The van der Waals surface area contributed by atoms with E-state index in [1.54, 1.807) is 17.0 Å². The Morgan fingerprint density at radius 2 is 1.96 bits per heavy atom. The van der Waals surface area contributed by atoms with Gasteiger partial charge in [-0.1, -0.05) is 42.5 Å². The molecule has 0 saturated carbocycles. The van der Waals surface area contributed by atoms with Crippen LogP contribution in [0, 0.1) is 0 Å². The largest absolute Gasteiger partial charge is 0.346 e. The van der Waals surface area contributed by atoms with E-state index in [4.69, 9.17) is 0 Å². The number of carbonyl (C=O) groups is 1. The van der Waals surface area contributed by atoms with Crippen LogP contribution in [0.2, 0.25) is 0 Å². The molecule has 0 aliphatic heterocycles. The lowest BCUT2D eigenvalue weighted by molar-refractivity contribution is -0.117. The number of nitrogens with zero attached hydrogens (tertiary/aromatic N) is 2. The van der Waals surface area contributed by atoms with Crippen molar-refractivity contribution in [1.29, 1.82) is 0 Å². The fourth-order valence-electron chi connectivity index (χ4n) is 2.44. The molecule has 0 saturated heterocycles. The summed E-state index contributed by atoms with van der Waals surface area (Å²) in [5, 5.41) is 7.21. The highest BCUT2D eigenvalue weighted by Crippen LogP contribution is 2.16. The number of hydrogen-bond acceptors (Lipinski definition) is 2. The lowest BCUT2D eigenvalue weighted by Crippen LogP contribution is -2.24.